The van der Waals surface area contributed by atoms with E-state index in [2.05, 4.69) is 10.2 Å². The van der Waals surface area contributed by atoms with Gasteiger partial charge < -0.3 is 19.7 Å². The number of likely N-dealkylation sites (tertiary alicyclic amines) is 1. The van der Waals surface area contributed by atoms with Crippen LogP contribution in [-0.4, -0.2) is 50.2 Å². The Balaban J connectivity index is 1.56. The molecule has 1 aliphatic rings. The van der Waals surface area contributed by atoms with Crippen molar-refractivity contribution in [1.82, 2.24) is 10.2 Å². The minimum Gasteiger partial charge on any atom is -0.494 e. The molecule has 1 N–H and O–H groups in total. The zero-order chi connectivity index (χ0) is 15.6. The molecule has 1 aromatic carbocycles. The lowest BCUT2D eigenvalue weighted by Gasteiger charge is -2.14. The maximum atomic E-state index is 11.7. The smallest absolute Gasteiger partial charge is 0.223 e. The quantitative estimate of drug-likeness (QED) is 0.759. The molecule has 0 spiro atoms. The van der Waals surface area contributed by atoms with Crippen LogP contribution in [0.5, 0.6) is 11.5 Å². The summed E-state index contributed by atoms with van der Waals surface area (Å²) in [6, 6.07) is 7.45. The van der Waals surface area contributed by atoms with Crippen LogP contribution < -0.4 is 14.8 Å². The zero-order valence-electron chi connectivity index (χ0n) is 13.3. The minimum absolute atomic E-state index is 0.0464. The molecule has 1 aromatic rings. The summed E-state index contributed by atoms with van der Waals surface area (Å²) in [4.78, 5) is 14.1. The van der Waals surface area contributed by atoms with Crippen LogP contribution in [0.15, 0.2) is 24.3 Å². The number of benzene rings is 1. The monoisotopic (exact) mass is 306 g/mol. The number of ether oxygens (including phenoxy) is 2. The summed E-state index contributed by atoms with van der Waals surface area (Å²) in [7, 11) is 0. The fourth-order valence-electron chi connectivity index (χ4n) is 2.51. The molecule has 5 nitrogen and oxygen atoms in total. The van der Waals surface area contributed by atoms with E-state index < -0.39 is 0 Å². The van der Waals surface area contributed by atoms with E-state index in [9.17, 15) is 4.79 Å². The molecule has 22 heavy (non-hydrogen) atoms. The molecule has 1 fully saturated rings. The fraction of sp³-hybridized carbons (Fsp3) is 0.588. The Morgan fingerprint density at radius 2 is 1.77 bits per heavy atom. The van der Waals surface area contributed by atoms with E-state index in [0.717, 1.165) is 37.7 Å². The second-order valence-corrected chi connectivity index (χ2v) is 5.40. The van der Waals surface area contributed by atoms with Gasteiger partial charge in [-0.25, -0.2) is 0 Å². The van der Waals surface area contributed by atoms with Gasteiger partial charge >= 0.3 is 0 Å². The third-order valence-corrected chi connectivity index (χ3v) is 3.68. The molecule has 1 amide bonds. The standard InChI is InChI=1S/C17H26N2O3/c1-2-21-15-5-7-16(8-6-15)22-14-9-17(20)18-10-13-19-11-3-4-12-19/h5-8H,2-4,9-14H2,1H3,(H,18,20). The number of nitrogens with one attached hydrogen (secondary N) is 1. The van der Waals surface area contributed by atoms with Crippen LogP contribution in [0.1, 0.15) is 26.2 Å². The lowest BCUT2D eigenvalue weighted by Crippen LogP contribution is -2.34. The van der Waals surface area contributed by atoms with Gasteiger partial charge in [-0.1, -0.05) is 0 Å². The predicted molar refractivity (Wildman–Crippen MR) is 86.4 cm³/mol. The summed E-state index contributed by atoms with van der Waals surface area (Å²) in [5.41, 5.74) is 0. The van der Waals surface area contributed by atoms with Crippen LogP contribution in [-0.2, 0) is 4.79 Å². The topological polar surface area (TPSA) is 50.8 Å². The van der Waals surface area contributed by atoms with Crippen molar-refractivity contribution in [1.29, 1.82) is 0 Å². The third-order valence-electron chi connectivity index (χ3n) is 3.68. The van der Waals surface area contributed by atoms with Gasteiger partial charge in [-0.05, 0) is 57.1 Å². The van der Waals surface area contributed by atoms with Crippen LogP contribution in [0.25, 0.3) is 0 Å². The maximum Gasteiger partial charge on any atom is 0.223 e. The van der Waals surface area contributed by atoms with Crippen molar-refractivity contribution < 1.29 is 14.3 Å². The van der Waals surface area contributed by atoms with E-state index in [-0.39, 0.29) is 5.91 Å². The molecular weight excluding hydrogens is 280 g/mol. The summed E-state index contributed by atoms with van der Waals surface area (Å²) in [5.74, 6) is 1.63. The van der Waals surface area contributed by atoms with Crippen LogP contribution in [0.2, 0.25) is 0 Å². The van der Waals surface area contributed by atoms with Gasteiger partial charge in [0.15, 0.2) is 0 Å². The van der Waals surface area contributed by atoms with Gasteiger partial charge in [0.25, 0.3) is 0 Å². The van der Waals surface area contributed by atoms with Gasteiger partial charge in [-0.2, -0.15) is 0 Å². The Kier molecular flexibility index (Phi) is 7.03. The lowest BCUT2D eigenvalue weighted by molar-refractivity contribution is -0.121. The highest BCUT2D eigenvalue weighted by Crippen LogP contribution is 2.17. The van der Waals surface area contributed by atoms with E-state index in [4.69, 9.17) is 9.47 Å². The number of amides is 1. The first kappa shape index (κ1) is 16.6. The minimum atomic E-state index is 0.0464. The van der Waals surface area contributed by atoms with Gasteiger partial charge in [0.05, 0.1) is 19.6 Å². The first-order valence-corrected chi connectivity index (χ1v) is 8.12. The Labute approximate surface area is 132 Å². The molecule has 2 rings (SSSR count). The van der Waals surface area contributed by atoms with Crippen molar-refractivity contribution in [2.45, 2.75) is 26.2 Å². The van der Waals surface area contributed by atoms with E-state index in [1.165, 1.54) is 12.8 Å². The van der Waals surface area contributed by atoms with Crippen molar-refractivity contribution in [3.63, 3.8) is 0 Å². The Bertz CT molecular complexity index is 442. The molecular formula is C17H26N2O3. The molecule has 0 saturated carbocycles. The molecule has 0 bridgehead atoms. The first-order valence-electron chi connectivity index (χ1n) is 8.12. The number of hydrogen-bond acceptors (Lipinski definition) is 4. The molecule has 0 aliphatic carbocycles. The van der Waals surface area contributed by atoms with Crippen LogP contribution >= 0.6 is 0 Å². The molecule has 1 heterocycles. The zero-order valence-corrected chi connectivity index (χ0v) is 13.3. The average molecular weight is 306 g/mol. The Hall–Kier alpha value is -1.75. The van der Waals surface area contributed by atoms with Gasteiger partial charge in [-0.15, -0.1) is 0 Å². The van der Waals surface area contributed by atoms with Crippen LogP contribution in [0, 0.1) is 0 Å². The van der Waals surface area contributed by atoms with Crippen LogP contribution in [0.4, 0.5) is 0 Å². The Morgan fingerprint density at radius 1 is 1.14 bits per heavy atom. The SMILES string of the molecule is CCOc1ccc(OCCC(=O)NCCN2CCCC2)cc1. The second kappa shape index (κ2) is 9.30. The number of nitrogens with zero attached hydrogens (tertiary/aromatic N) is 1. The highest BCUT2D eigenvalue weighted by Gasteiger charge is 2.11. The molecule has 1 aliphatic heterocycles. The van der Waals surface area contributed by atoms with Crippen molar-refractivity contribution >= 4 is 5.91 Å². The number of carbonyl (C=O) groups excluding carboxylic acids is 1. The predicted octanol–water partition coefficient (Wildman–Crippen LogP) is 2.07. The largest absolute Gasteiger partial charge is 0.494 e. The fourth-order valence-corrected chi connectivity index (χ4v) is 2.51. The molecule has 1 saturated heterocycles. The normalized spacial score (nSPS) is 14.8. The van der Waals surface area contributed by atoms with Gasteiger partial charge in [0, 0.05) is 13.1 Å². The van der Waals surface area contributed by atoms with Crippen molar-refractivity contribution in [2.24, 2.45) is 0 Å². The molecule has 0 unspecified atom stereocenters. The number of hydrogen-bond donors (Lipinski definition) is 1. The van der Waals surface area contributed by atoms with E-state index in [1.54, 1.807) is 0 Å². The summed E-state index contributed by atoms with van der Waals surface area (Å²) < 4.78 is 10.9. The number of rotatable bonds is 9. The molecule has 5 heteroatoms. The van der Waals surface area contributed by atoms with Crippen molar-refractivity contribution in [3.05, 3.63) is 24.3 Å². The van der Waals surface area contributed by atoms with E-state index in [0.29, 0.717) is 19.6 Å². The lowest BCUT2D eigenvalue weighted by atomic mass is 10.3. The average Bonchev–Trinajstić information content (AvgIpc) is 3.03. The van der Waals surface area contributed by atoms with Gasteiger partial charge in [0.1, 0.15) is 11.5 Å². The first-order chi connectivity index (χ1) is 10.8. The summed E-state index contributed by atoms with van der Waals surface area (Å²) >= 11 is 0. The highest BCUT2D eigenvalue weighted by molar-refractivity contribution is 5.75. The van der Waals surface area contributed by atoms with Gasteiger partial charge in [-0.3, -0.25) is 4.79 Å². The molecule has 122 valence electrons. The second-order valence-electron chi connectivity index (χ2n) is 5.40. The van der Waals surface area contributed by atoms with Crippen LogP contribution in [0.3, 0.4) is 0 Å². The summed E-state index contributed by atoms with van der Waals surface area (Å²) in [5, 5.41) is 2.94. The molecule has 0 atom stereocenters. The van der Waals surface area contributed by atoms with Crippen molar-refractivity contribution in [2.75, 3.05) is 39.4 Å². The van der Waals surface area contributed by atoms with E-state index >= 15 is 0 Å². The summed E-state index contributed by atoms with van der Waals surface area (Å²) in [6.45, 7) is 6.99. The summed E-state index contributed by atoms with van der Waals surface area (Å²) in [6.07, 6.45) is 2.95. The molecule has 0 aromatic heterocycles. The van der Waals surface area contributed by atoms with E-state index in [1.807, 2.05) is 31.2 Å². The van der Waals surface area contributed by atoms with Gasteiger partial charge in [0.2, 0.25) is 5.91 Å². The van der Waals surface area contributed by atoms with Crippen molar-refractivity contribution in [3.8, 4) is 11.5 Å². The third kappa shape index (κ3) is 5.93. The highest BCUT2D eigenvalue weighted by atomic mass is 16.5. The number of carbonyl (C=O) groups is 1. The Morgan fingerprint density at radius 3 is 2.41 bits per heavy atom. The molecule has 0 radical (unpaired) electrons. The maximum absolute atomic E-state index is 11.7.